The van der Waals surface area contributed by atoms with Gasteiger partial charge in [0.25, 0.3) is 0 Å². The zero-order valence-corrected chi connectivity index (χ0v) is 11.5. The van der Waals surface area contributed by atoms with Gasteiger partial charge in [-0.2, -0.15) is 0 Å². The summed E-state index contributed by atoms with van der Waals surface area (Å²) in [5, 5.41) is 12.6. The fourth-order valence-electron chi connectivity index (χ4n) is 2.23. The summed E-state index contributed by atoms with van der Waals surface area (Å²) in [7, 11) is 0. The van der Waals surface area contributed by atoms with Gasteiger partial charge in [-0.1, -0.05) is 19.1 Å². The van der Waals surface area contributed by atoms with Gasteiger partial charge in [-0.3, -0.25) is 4.79 Å². The normalized spacial score (nSPS) is 18.6. The minimum Gasteiger partial charge on any atom is -0.512 e. The summed E-state index contributed by atoms with van der Waals surface area (Å²) in [6.07, 6.45) is 1.18. The number of aliphatic hydroxyl groups is 1. The molecule has 1 unspecified atom stereocenters. The highest BCUT2D eigenvalue weighted by atomic mass is 16.5. The standard InChI is InChI=1S/C14H23NO3/c1-5-11(14(9(2)3)10(4)16)6-13(17)15-12-7-18-8-12/h11-12,16H,2,5-8H2,1,3-4H3,(H,15,17)/b14-10-. The molecule has 1 atom stereocenters. The molecule has 1 fully saturated rings. The second kappa shape index (κ2) is 6.59. The van der Waals surface area contributed by atoms with Crippen molar-refractivity contribution >= 4 is 5.91 Å². The Balaban J connectivity index is 2.62. The van der Waals surface area contributed by atoms with E-state index in [4.69, 9.17) is 4.74 Å². The fourth-order valence-corrected chi connectivity index (χ4v) is 2.23. The molecule has 18 heavy (non-hydrogen) atoms. The first-order valence-electron chi connectivity index (χ1n) is 6.38. The molecule has 4 nitrogen and oxygen atoms in total. The smallest absolute Gasteiger partial charge is 0.220 e. The van der Waals surface area contributed by atoms with E-state index < -0.39 is 0 Å². The van der Waals surface area contributed by atoms with Gasteiger partial charge in [0.05, 0.1) is 25.0 Å². The van der Waals surface area contributed by atoms with E-state index in [0.717, 1.165) is 17.6 Å². The zero-order chi connectivity index (χ0) is 13.7. The van der Waals surface area contributed by atoms with Gasteiger partial charge in [-0.25, -0.2) is 0 Å². The van der Waals surface area contributed by atoms with Gasteiger partial charge < -0.3 is 15.2 Å². The molecule has 0 aromatic rings. The Morgan fingerprint density at radius 1 is 1.50 bits per heavy atom. The van der Waals surface area contributed by atoms with Crippen LogP contribution in [-0.2, 0) is 9.53 Å². The number of ether oxygens (including phenoxy) is 1. The molecule has 0 spiro atoms. The first kappa shape index (κ1) is 14.8. The molecule has 102 valence electrons. The van der Waals surface area contributed by atoms with Crippen LogP contribution in [0, 0.1) is 5.92 Å². The number of hydrogen-bond donors (Lipinski definition) is 2. The van der Waals surface area contributed by atoms with Gasteiger partial charge in [-0.05, 0) is 31.8 Å². The Labute approximate surface area is 109 Å². The number of carbonyl (C=O) groups excluding carboxylic acids is 1. The summed E-state index contributed by atoms with van der Waals surface area (Å²) in [4.78, 5) is 11.9. The van der Waals surface area contributed by atoms with Gasteiger partial charge >= 0.3 is 0 Å². The van der Waals surface area contributed by atoms with Crippen LogP contribution in [-0.4, -0.2) is 30.3 Å². The lowest BCUT2D eigenvalue weighted by Gasteiger charge is -2.28. The second-order valence-electron chi connectivity index (χ2n) is 4.89. The molecule has 0 bridgehead atoms. The molecule has 0 saturated carbocycles. The van der Waals surface area contributed by atoms with Crippen LogP contribution >= 0.6 is 0 Å². The number of amides is 1. The average Bonchev–Trinajstić information content (AvgIpc) is 2.21. The van der Waals surface area contributed by atoms with Crippen LogP contribution < -0.4 is 5.32 Å². The van der Waals surface area contributed by atoms with Crippen LogP contribution in [0.5, 0.6) is 0 Å². The Bertz CT molecular complexity index is 352. The summed E-state index contributed by atoms with van der Waals surface area (Å²) in [5.41, 5.74) is 1.62. The summed E-state index contributed by atoms with van der Waals surface area (Å²) in [5.74, 6) is 0.290. The van der Waals surface area contributed by atoms with E-state index in [2.05, 4.69) is 11.9 Å². The van der Waals surface area contributed by atoms with E-state index >= 15 is 0 Å². The first-order chi connectivity index (χ1) is 8.45. The van der Waals surface area contributed by atoms with Crippen LogP contribution in [0.25, 0.3) is 0 Å². The SMILES string of the molecule is C=C(C)/C(=C(\C)O)C(CC)CC(=O)NC1COC1. The third kappa shape index (κ3) is 3.88. The van der Waals surface area contributed by atoms with Gasteiger partial charge in [0.2, 0.25) is 5.91 Å². The summed E-state index contributed by atoms with van der Waals surface area (Å²) in [6, 6.07) is 0.155. The Morgan fingerprint density at radius 2 is 2.11 bits per heavy atom. The van der Waals surface area contributed by atoms with E-state index in [-0.39, 0.29) is 23.6 Å². The van der Waals surface area contributed by atoms with E-state index in [1.165, 1.54) is 0 Å². The van der Waals surface area contributed by atoms with Crippen molar-refractivity contribution in [2.75, 3.05) is 13.2 Å². The van der Waals surface area contributed by atoms with Crippen molar-refractivity contribution in [3.63, 3.8) is 0 Å². The molecule has 4 heteroatoms. The molecule has 0 radical (unpaired) electrons. The molecule has 0 aromatic heterocycles. The molecule has 1 amide bonds. The van der Waals surface area contributed by atoms with Crippen molar-refractivity contribution in [2.45, 2.75) is 39.7 Å². The molecule has 1 rings (SSSR count). The molecule has 1 aliphatic heterocycles. The van der Waals surface area contributed by atoms with Gasteiger partial charge in [0.1, 0.15) is 0 Å². The average molecular weight is 253 g/mol. The number of aliphatic hydroxyl groups excluding tert-OH is 1. The minimum absolute atomic E-state index is 0.00940. The number of allylic oxidation sites excluding steroid dienone is 3. The van der Waals surface area contributed by atoms with Crippen LogP contribution in [0.4, 0.5) is 0 Å². The largest absolute Gasteiger partial charge is 0.512 e. The lowest BCUT2D eigenvalue weighted by atomic mass is 9.87. The zero-order valence-electron chi connectivity index (χ0n) is 11.5. The maximum atomic E-state index is 11.9. The molecule has 1 saturated heterocycles. The summed E-state index contributed by atoms with van der Waals surface area (Å²) in [6.45, 7) is 10.6. The van der Waals surface area contributed by atoms with Crippen molar-refractivity contribution in [2.24, 2.45) is 5.92 Å². The Kier molecular flexibility index (Phi) is 5.41. The Morgan fingerprint density at radius 3 is 2.44 bits per heavy atom. The third-order valence-electron chi connectivity index (χ3n) is 3.19. The highest BCUT2D eigenvalue weighted by Crippen LogP contribution is 2.27. The maximum Gasteiger partial charge on any atom is 0.220 e. The monoisotopic (exact) mass is 253 g/mol. The van der Waals surface area contributed by atoms with Gasteiger partial charge in [-0.15, -0.1) is 0 Å². The van der Waals surface area contributed by atoms with Crippen molar-refractivity contribution < 1.29 is 14.6 Å². The predicted molar refractivity (Wildman–Crippen MR) is 71.3 cm³/mol. The molecule has 0 aliphatic carbocycles. The highest BCUT2D eigenvalue weighted by molar-refractivity contribution is 5.77. The molecular weight excluding hydrogens is 230 g/mol. The fraction of sp³-hybridized carbons (Fsp3) is 0.643. The summed E-state index contributed by atoms with van der Waals surface area (Å²) >= 11 is 0. The molecule has 2 N–H and O–H groups in total. The minimum atomic E-state index is 0.00940. The van der Waals surface area contributed by atoms with E-state index in [9.17, 15) is 9.90 Å². The lowest BCUT2D eigenvalue weighted by molar-refractivity contribution is -0.125. The van der Waals surface area contributed by atoms with Crippen molar-refractivity contribution in [1.29, 1.82) is 0 Å². The van der Waals surface area contributed by atoms with Gasteiger partial charge in [0, 0.05) is 6.42 Å². The second-order valence-corrected chi connectivity index (χ2v) is 4.89. The van der Waals surface area contributed by atoms with E-state index in [0.29, 0.717) is 19.6 Å². The number of carbonyl (C=O) groups is 1. The van der Waals surface area contributed by atoms with E-state index in [1.54, 1.807) is 6.92 Å². The van der Waals surface area contributed by atoms with Crippen LogP contribution in [0.15, 0.2) is 23.5 Å². The molecule has 0 aromatic carbocycles. The van der Waals surface area contributed by atoms with Crippen LogP contribution in [0.1, 0.15) is 33.6 Å². The first-order valence-corrected chi connectivity index (χ1v) is 6.38. The Hall–Kier alpha value is -1.29. The molecule has 1 aliphatic rings. The third-order valence-corrected chi connectivity index (χ3v) is 3.19. The molecule has 1 heterocycles. The quantitative estimate of drug-likeness (QED) is 0.564. The topological polar surface area (TPSA) is 58.6 Å². The lowest BCUT2D eigenvalue weighted by Crippen LogP contribution is -2.48. The number of rotatable bonds is 6. The van der Waals surface area contributed by atoms with Gasteiger partial charge in [0.15, 0.2) is 0 Å². The number of hydrogen-bond acceptors (Lipinski definition) is 3. The van der Waals surface area contributed by atoms with Crippen molar-refractivity contribution in [3.05, 3.63) is 23.5 Å². The number of nitrogens with one attached hydrogen (secondary N) is 1. The van der Waals surface area contributed by atoms with E-state index in [1.807, 2.05) is 13.8 Å². The maximum absolute atomic E-state index is 11.9. The van der Waals surface area contributed by atoms with Crippen LogP contribution in [0.3, 0.4) is 0 Å². The van der Waals surface area contributed by atoms with Crippen molar-refractivity contribution in [1.82, 2.24) is 5.32 Å². The van der Waals surface area contributed by atoms with Crippen molar-refractivity contribution in [3.8, 4) is 0 Å². The highest BCUT2D eigenvalue weighted by Gasteiger charge is 2.24. The van der Waals surface area contributed by atoms with Crippen LogP contribution in [0.2, 0.25) is 0 Å². The molecular formula is C14H23NO3. The summed E-state index contributed by atoms with van der Waals surface area (Å²) < 4.78 is 5.01. The predicted octanol–water partition coefficient (Wildman–Crippen LogP) is 2.33.